The zero-order valence-electron chi connectivity index (χ0n) is 13.4. The minimum atomic E-state index is -0.0658. The lowest BCUT2D eigenvalue weighted by Crippen LogP contribution is -2.40. The third kappa shape index (κ3) is 9.77. The molecule has 0 saturated carbocycles. The standard InChI is InChI=1S/C15H23BrN4O2.HI/c1-17-15(20-9-10-22-2)19-8-4-7-18-14(21)12-5-3-6-13(16)11-12;/h3,5-6,11H,4,7-10H2,1-2H3,(H,18,21)(H2,17,19,20);1H. The van der Waals surface area contributed by atoms with Gasteiger partial charge in [0.15, 0.2) is 5.96 Å². The molecule has 0 aromatic heterocycles. The van der Waals surface area contributed by atoms with Gasteiger partial charge in [0.2, 0.25) is 0 Å². The molecule has 0 aliphatic rings. The fraction of sp³-hybridized carbons (Fsp3) is 0.467. The minimum absolute atomic E-state index is 0. The zero-order valence-corrected chi connectivity index (χ0v) is 17.3. The van der Waals surface area contributed by atoms with Crippen LogP contribution < -0.4 is 16.0 Å². The van der Waals surface area contributed by atoms with Gasteiger partial charge in [0, 0.05) is 43.8 Å². The van der Waals surface area contributed by atoms with E-state index in [-0.39, 0.29) is 29.9 Å². The zero-order chi connectivity index (χ0) is 16.2. The molecule has 6 nitrogen and oxygen atoms in total. The Morgan fingerprint density at radius 3 is 2.57 bits per heavy atom. The van der Waals surface area contributed by atoms with Gasteiger partial charge in [0.1, 0.15) is 0 Å². The number of methoxy groups -OCH3 is 1. The molecule has 0 radical (unpaired) electrons. The Balaban J connectivity index is 0.00000484. The van der Waals surface area contributed by atoms with Crippen LogP contribution in [0.5, 0.6) is 0 Å². The highest BCUT2D eigenvalue weighted by Gasteiger charge is 2.04. The summed E-state index contributed by atoms with van der Waals surface area (Å²) in [5.41, 5.74) is 0.652. The Morgan fingerprint density at radius 2 is 1.91 bits per heavy atom. The van der Waals surface area contributed by atoms with Crippen LogP contribution in [0.3, 0.4) is 0 Å². The monoisotopic (exact) mass is 498 g/mol. The average Bonchev–Trinajstić information content (AvgIpc) is 2.52. The van der Waals surface area contributed by atoms with Crippen LogP contribution in [0, 0.1) is 0 Å². The summed E-state index contributed by atoms with van der Waals surface area (Å²) in [6.45, 7) is 2.66. The van der Waals surface area contributed by atoms with Crippen molar-refractivity contribution in [3.63, 3.8) is 0 Å². The van der Waals surface area contributed by atoms with Crippen molar-refractivity contribution in [2.24, 2.45) is 4.99 Å². The van der Waals surface area contributed by atoms with Crippen LogP contribution in [-0.2, 0) is 4.74 Å². The Hall–Kier alpha value is -0.870. The Labute approximate surface area is 163 Å². The van der Waals surface area contributed by atoms with E-state index in [1.165, 1.54) is 0 Å². The third-order valence-corrected chi connectivity index (χ3v) is 3.33. The van der Waals surface area contributed by atoms with Crippen LogP contribution in [0.2, 0.25) is 0 Å². The summed E-state index contributed by atoms with van der Waals surface area (Å²) in [4.78, 5) is 16.0. The Morgan fingerprint density at radius 1 is 1.22 bits per heavy atom. The molecule has 0 heterocycles. The summed E-state index contributed by atoms with van der Waals surface area (Å²) < 4.78 is 5.86. The Bertz CT molecular complexity index is 500. The smallest absolute Gasteiger partial charge is 0.251 e. The number of carbonyl (C=O) groups excluding carboxylic acids is 1. The van der Waals surface area contributed by atoms with Crippen molar-refractivity contribution < 1.29 is 9.53 Å². The molecule has 0 atom stereocenters. The van der Waals surface area contributed by atoms with E-state index in [0.29, 0.717) is 25.3 Å². The first-order valence-corrected chi connectivity index (χ1v) is 7.94. The first-order valence-electron chi connectivity index (χ1n) is 7.14. The fourth-order valence-corrected chi connectivity index (χ4v) is 2.12. The van der Waals surface area contributed by atoms with Gasteiger partial charge in [-0.1, -0.05) is 22.0 Å². The normalized spacial score (nSPS) is 10.7. The fourth-order valence-electron chi connectivity index (χ4n) is 1.72. The summed E-state index contributed by atoms with van der Waals surface area (Å²) in [7, 11) is 3.38. The summed E-state index contributed by atoms with van der Waals surface area (Å²) in [5.74, 6) is 0.666. The van der Waals surface area contributed by atoms with E-state index in [0.717, 1.165) is 23.4 Å². The number of amides is 1. The van der Waals surface area contributed by atoms with Crippen molar-refractivity contribution in [3.05, 3.63) is 34.3 Å². The third-order valence-electron chi connectivity index (χ3n) is 2.84. The molecule has 3 N–H and O–H groups in total. The minimum Gasteiger partial charge on any atom is -0.383 e. The molecule has 23 heavy (non-hydrogen) atoms. The van der Waals surface area contributed by atoms with Gasteiger partial charge < -0.3 is 20.7 Å². The van der Waals surface area contributed by atoms with E-state index < -0.39 is 0 Å². The second kappa shape index (κ2) is 13.6. The lowest BCUT2D eigenvalue weighted by atomic mass is 10.2. The van der Waals surface area contributed by atoms with Crippen LogP contribution in [0.15, 0.2) is 33.7 Å². The van der Waals surface area contributed by atoms with Crippen LogP contribution in [0.4, 0.5) is 0 Å². The number of carbonyl (C=O) groups is 1. The van der Waals surface area contributed by atoms with Crippen molar-refractivity contribution >= 4 is 51.8 Å². The number of benzene rings is 1. The van der Waals surface area contributed by atoms with Gasteiger partial charge in [0.25, 0.3) is 5.91 Å². The van der Waals surface area contributed by atoms with Gasteiger partial charge in [0.05, 0.1) is 6.61 Å². The number of ether oxygens (including phenoxy) is 1. The molecular weight excluding hydrogens is 475 g/mol. The van der Waals surface area contributed by atoms with E-state index in [2.05, 4.69) is 36.9 Å². The predicted octanol–water partition coefficient (Wildman–Crippen LogP) is 2.00. The number of nitrogens with one attached hydrogen (secondary N) is 3. The quantitative estimate of drug-likeness (QED) is 0.222. The van der Waals surface area contributed by atoms with Crippen molar-refractivity contribution in [2.45, 2.75) is 6.42 Å². The molecule has 1 amide bonds. The van der Waals surface area contributed by atoms with Gasteiger partial charge in [-0.05, 0) is 24.6 Å². The van der Waals surface area contributed by atoms with Crippen LogP contribution >= 0.6 is 39.9 Å². The van der Waals surface area contributed by atoms with Gasteiger partial charge in [-0.2, -0.15) is 0 Å². The second-order valence-corrected chi connectivity index (χ2v) is 5.45. The molecule has 8 heteroatoms. The van der Waals surface area contributed by atoms with Gasteiger partial charge >= 0.3 is 0 Å². The van der Waals surface area contributed by atoms with E-state index >= 15 is 0 Å². The van der Waals surface area contributed by atoms with Gasteiger partial charge in [-0.15, -0.1) is 24.0 Å². The number of aliphatic imine (C=N–C) groups is 1. The van der Waals surface area contributed by atoms with Crippen molar-refractivity contribution in [3.8, 4) is 0 Å². The van der Waals surface area contributed by atoms with Gasteiger partial charge in [-0.3, -0.25) is 9.79 Å². The highest BCUT2D eigenvalue weighted by molar-refractivity contribution is 14.0. The average molecular weight is 499 g/mol. The Kier molecular flexibility index (Phi) is 13.0. The maximum atomic E-state index is 11.9. The highest BCUT2D eigenvalue weighted by Crippen LogP contribution is 2.11. The molecule has 0 unspecified atom stereocenters. The SMILES string of the molecule is CN=C(NCCCNC(=O)c1cccc(Br)c1)NCCOC.I. The lowest BCUT2D eigenvalue weighted by molar-refractivity contribution is 0.0953. The number of hydrogen-bond acceptors (Lipinski definition) is 3. The lowest BCUT2D eigenvalue weighted by Gasteiger charge is -2.11. The predicted molar refractivity (Wildman–Crippen MR) is 108 cm³/mol. The summed E-state index contributed by atoms with van der Waals surface area (Å²) in [6.07, 6.45) is 0.810. The number of nitrogens with zero attached hydrogens (tertiary/aromatic N) is 1. The number of guanidine groups is 1. The molecule has 0 saturated heterocycles. The van der Waals surface area contributed by atoms with Gasteiger partial charge in [-0.25, -0.2) is 0 Å². The topological polar surface area (TPSA) is 74.8 Å². The summed E-state index contributed by atoms with van der Waals surface area (Å²) >= 11 is 3.35. The van der Waals surface area contributed by atoms with Crippen molar-refractivity contribution in [1.29, 1.82) is 0 Å². The molecule has 0 fully saturated rings. The molecule has 0 bridgehead atoms. The van der Waals surface area contributed by atoms with Crippen molar-refractivity contribution in [2.75, 3.05) is 40.4 Å². The molecular formula is C15H24BrIN4O2. The van der Waals surface area contributed by atoms with E-state index in [1.807, 2.05) is 12.1 Å². The van der Waals surface area contributed by atoms with Crippen LogP contribution in [0.1, 0.15) is 16.8 Å². The largest absolute Gasteiger partial charge is 0.383 e. The molecule has 0 aliphatic carbocycles. The van der Waals surface area contributed by atoms with E-state index in [4.69, 9.17) is 4.74 Å². The molecule has 1 rings (SSSR count). The molecule has 130 valence electrons. The van der Waals surface area contributed by atoms with E-state index in [1.54, 1.807) is 26.3 Å². The second-order valence-electron chi connectivity index (χ2n) is 4.54. The first-order chi connectivity index (χ1) is 10.7. The van der Waals surface area contributed by atoms with Crippen molar-refractivity contribution in [1.82, 2.24) is 16.0 Å². The molecule has 0 aliphatic heterocycles. The molecule has 0 spiro atoms. The van der Waals surface area contributed by atoms with Crippen LogP contribution in [-0.4, -0.2) is 52.3 Å². The molecule has 1 aromatic rings. The number of halogens is 2. The van der Waals surface area contributed by atoms with E-state index in [9.17, 15) is 4.79 Å². The highest BCUT2D eigenvalue weighted by atomic mass is 127. The summed E-state index contributed by atoms with van der Waals surface area (Å²) in [6, 6.07) is 7.33. The number of rotatable bonds is 8. The maximum Gasteiger partial charge on any atom is 0.251 e. The van der Waals surface area contributed by atoms with Crippen LogP contribution in [0.25, 0.3) is 0 Å². The number of hydrogen-bond donors (Lipinski definition) is 3. The summed E-state index contributed by atoms with van der Waals surface area (Å²) in [5, 5.41) is 9.19. The maximum absolute atomic E-state index is 11.9. The first kappa shape index (κ1) is 22.1. The molecule has 1 aromatic carbocycles.